The molecule has 2 aromatic carbocycles. The number of hydrogen-bond acceptors (Lipinski definition) is 5. The van der Waals surface area contributed by atoms with Crippen molar-refractivity contribution in [2.45, 2.75) is 13.5 Å². The number of aryl methyl sites for hydroxylation is 1. The Bertz CT molecular complexity index is 1540. The highest BCUT2D eigenvalue weighted by Crippen LogP contribution is 2.35. The molecule has 0 aliphatic heterocycles. The van der Waals surface area contributed by atoms with Gasteiger partial charge in [0.2, 0.25) is 0 Å². The molecule has 3 aromatic heterocycles. The summed E-state index contributed by atoms with van der Waals surface area (Å²) in [6.45, 7) is 2.71. The Morgan fingerprint density at radius 2 is 1.69 bits per heavy atom. The van der Waals surface area contributed by atoms with Crippen molar-refractivity contribution in [1.82, 2.24) is 14.5 Å². The number of benzene rings is 2. The largest absolute Gasteiger partial charge is 0.325 e. The number of carbonyl (C=O) groups is 2. The molecule has 0 atom stereocenters. The van der Waals surface area contributed by atoms with Crippen LogP contribution in [0.15, 0.2) is 72.6 Å². The standard InChI is InChI=1S/C26H17N3O2S/c1-2-29-18(13-22-25(29)28-26(32-22)17-8-5-9-27-14-17)12-21-23(30)19-10-15-6-3-4-7-16(15)11-20(19)24(21)31/h3-14H,2H2,1H3. The van der Waals surface area contributed by atoms with Gasteiger partial charge in [0, 0.05) is 41.3 Å². The third-order valence-corrected chi connectivity index (χ3v) is 6.90. The molecule has 1 aliphatic carbocycles. The third kappa shape index (κ3) is 2.77. The van der Waals surface area contributed by atoms with Gasteiger partial charge in [0.25, 0.3) is 0 Å². The van der Waals surface area contributed by atoms with Gasteiger partial charge < -0.3 is 4.57 Å². The average molecular weight is 436 g/mol. The van der Waals surface area contributed by atoms with Crippen LogP contribution in [0.25, 0.3) is 37.8 Å². The molecule has 1 aliphatic rings. The Hall–Kier alpha value is -3.90. The predicted octanol–water partition coefficient (Wildman–Crippen LogP) is 5.80. The van der Waals surface area contributed by atoms with Crippen LogP contribution >= 0.6 is 11.3 Å². The number of pyridine rings is 1. The van der Waals surface area contributed by atoms with Crippen molar-refractivity contribution in [2.75, 3.05) is 0 Å². The smallest absolute Gasteiger partial charge is 0.197 e. The van der Waals surface area contributed by atoms with Crippen LogP contribution in [0.2, 0.25) is 0 Å². The average Bonchev–Trinajstić information content (AvgIpc) is 3.45. The molecule has 5 nitrogen and oxygen atoms in total. The summed E-state index contributed by atoms with van der Waals surface area (Å²) in [6, 6.07) is 17.3. The number of carbonyl (C=O) groups excluding carboxylic acids is 2. The zero-order valence-corrected chi connectivity index (χ0v) is 18.0. The molecule has 0 unspecified atom stereocenters. The van der Waals surface area contributed by atoms with E-state index in [1.165, 1.54) is 0 Å². The second-order valence-electron chi connectivity index (χ2n) is 7.72. The second kappa shape index (κ2) is 7.07. The topological polar surface area (TPSA) is 64.8 Å². The Morgan fingerprint density at radius 1 is 0.969 bits per heavy atom. The van der Waals surface area contributed by atoms with E-state index >= 15 is 0 Å². The van der Waals surface area contributed by atoms with Gasteiger partial charge in [-0.1, -0.05) is 24.3 Å². The molecule has 0 N–H and O–H groups in total. The molecule has 3 heterocycles. The van der Waals surface area contributed by atoms with Crippen LogP contribution in [0.1, 0.15) is 33.3 Å². The lowest BCUT2D eigenvalue weighted by Gasteiger charge is -2.03. The van der Waals surface area contributed by atoms with E-state index in [-0.39, 0.29) is 17.1 Å². The summed E-state index contributed by atoms with van der Waals surface area (Å²) < 4.78 is 3.05. The summed E-state index contributed by atoms with van der Waals surface area (Å²) >= 11 is 1.58. The second-order valence-corrected chi connectivity index (χ2v) is 8.75. The van der Waals surface area contributed by atoms with Crippen molar-refractivity contribution in [1.29, 1.82) is 0 Å². The molecular formula is C26H17N3O2S. The minimum atomic E-state index is -0.216. The normalized spacial score (nSPS) is 13.3. The van der Waals surface area contributed by atoms with E-state index < -0.39 is 0 Å². The van der Waals surface area contributed by atoms with Crippen molar-refractivity contribution >= 4 is 50.1 Å². The van der Waals surface area contributed by atoms with E-state index in [1.54, 1.807) is 29.8 Å². The maximum absolute atomic E-state index is 13.1. The lowest BCUT2D eigenvalue weighted by Crippen LogP contribution is -2.03. The van der Waals surface area contributed by atoms with Gasteiger partial charge in [-0.3, -0.25) is 14.6 Å². The molecule has 0 bridgehead atoms. The summed E-state index contributed by atoms with van der Waals surface area (Å²) in [6.07, 6.45) is 5.26. The summed E-state index contributed by atoms with van der Waals surface area (Å²) in [5.74, 6) is -0.432. The van der Waals surface area contributed by atoms with Gasteiger partial charge in [-0.25, -0.2) is 4.98 Å². The van der Waals surface area contributed by atoms with Crippen LogP contribution in [-0.4, -0.2) is 26.1 Å². The Morgan fingerprint density at radius 3 is 2.31 bits per heavy atom. The van der Waals surface area contributed by atoms with Crippen molar-refractivity contribution < 1.29 is 9.59 Å². The van der Waals surface area contributed by atoms with Gasteiger partial charge in [-0.2, -0.15) is 0 Å². The summed E-state index contributed by atoms with van der Waals surface area (Å²) in [7, 11) is 0. The van der Waals surface area contributed by atoms with Gasteiger partial charge in [-0.15, -0.1) is 11.3 Å². The van der Waals surface area contributed by atoms with E-state index in [0.29, 0.717) is 17.7 Å². The van der Waals surface area contributed by atoms with Gasteiger partial charge >= 0.3 is 0 Å². The Kier molecular flexibility index (Phi) is 4.16. The minimum Gasteiger partial charge on any atom is -0.325 e. The van der Waals surface area contributed by atoms with E-state index in [9.17, 15) is 9.59 Å². The molecule has 6 heteroatoms. The number of thiazole rings is 1. The summed E-state index contributed by atoms with van der Waals surface area (Å²) in [4.78, 5) is 35.2. The highest BCUT2D eigenvalue weighted by molar-refractivity contribution is 7.21. The van der Waals surface area contributed by atoms with Crippen molar-refractivity contribution in [3.63, 3.8) is 0 Å². The third-order valence-electron chi connectivity index (χ3n) is 5.86. The zero-order chi connectivity index (χ0) is 21.8. The minimum absolute atomic E-state index is 0.211. The SMILES string of the molecule is CCn1c(C=C2C(=O)c3cc4ccccc4cc3C2=O)cc2sc(-c3cccnc3)nc21. The van der Waals surface area contributed by atoms with Crippen molar-refractivity contribution in [3.8, 4) is 10.6 Å². The Labute approximate surface area is 187 Å². The van der Waals surface area contributed by atoms with Crippen LogP contribution in [0.3, 0.4) is 0 Å². The quantitative estimate of drug-likeness (QED) is 0.266. The van der Waals surface area contributed by atoms with Crippen LogP contribution in [-0.2, 0) is 6.54 Å². The first-order valence-electron chi connectivity index (χ1n) is 10.4. The van der Waals surface area contributed by atoms with E-state index in [0.717, 1.165) is 37.4 Å². The van der Waals surface area contributed by atoms with Crippen molar-refractivity contribution in [2.24, 2.45) is 0 Å². The van der Waals surface area contributed by atoms with Gasteiger partial charge in [-0.05, 0) is 54.1 Å². The fourth-order valence-corrected chi connectivity index (χ4v) is 5.30. The molecule has 0 spiro atoms. The molecule has 0 saturated carbocycles. The fourth-order valence-electron chi connectivity index (χ4n) is 4.30. The highest BCUT2D eigenvalue weighted by atomic mass is 32.1. The predicted molar refractivity (Wildman–Crippen MR) is 127 cm³/mol. The number of ketones is 2. The molecular weight excluding hydrogens is 418 g/mol. The number of aromatic nitrogens is 3. The molecule has 0 amide bonds. The lowest BCUT2D eigenvalue weighted by molar-refractivity contribution is 0.0990. The first-order valence-corrected chi connectivity index (χ1v) is 11.2. The number of hydrogen-bond donors (Lipinski definition) is 0. The van der Waals surface area contributed by atoms with Gasteiger partial charge in [0.15, 0.2) is 17.2 Å². The fraction of sp³-hybridized carbons (Fsp3) is 0.0769. The van der Waals surface area contributed by atoms with Crippen LogP contribution < -0.4 is 0 Å². The molecule has 6 rings (SSSR count). The molecule has 32 heavy (non-hydrogen) atoms. The number of rotatable bonds is 3. The first kappa shape index (κ1) is 18.8. The van der Waals surface area contributed by atoms with Gasteiger partial charge in [0.1, 0.15) is 5.01 Å². The van der Waals surface area contributed by atoms with E-state index in [1.807, 2.05) is 66.1 Å². The van der Waals surface area contributed by atoms with Gasteiger partial charge in [0.05, 0.1) is 10.3 Å². The van der Waals surface area contributed by atoms with E-state index in [4.69, 9.17) is 4.98 Å². The number of fused-ring (bicyclic) bond motifs is 3. The maximum Gasteiger partial charge on any atom is 0.197 e. The van der Waals surface area contributed by atoms with Crippen LogP contribution in [0.4, 0.5) is 0 Å². The summed E-state index contributed by atoms with van der Waals surface area (Å²) in [5, 5.41) is 2.81. The molecule has 0 radical (unpaired) electrons. The molecule has 0 fully saturated rings. The monoisotopic (exact) mass is 435 g/mol. The number of Topliss-reactive ketones (excluding diaryl/α,β-unsaturated/α-hetero) is 2. The number of allylic oxidation sites excluding steroid dienone is 1. The molecule has 154 valence electrons. The first-order chi connectivity index (χ1) is 15.6. The molecule has 0 saturated heterocycles. The van der Waals surface area contributed by atoms with Crippen LogP contribution in [0, 0.1) is 0 Å². The van der Waals surface area contributed by atoms with Crippen LogP contribution in [0.5, 0.6) is 0 Å². The Balaban J connectivity index is 1.45. The number of nitrogens with zero attached hydrogens (tertiary/aromatic N) is 3. The maximum atomic E-state index is 13.1. The van der Waals surface area contributed by atoms with Crippen molar-refractivity contribution in [3.05, 3.63) is 89.4 Å². The highest BCUT2D eigenvalue weighted by Gasteiger charge is 2.33. The summed E-state index contributed by atoms with van der Waals surface area (Å²) in [5.41, 5.74) is 3.81. The zero-order valence-electron chi connectivity index (χ0n) is 17.2. The van der Waals surface area contributed by atoms with E-state index in [2.05, 4.69) is 4.98 Å². The molecule has 5 aromatic rings. The lowest BCUT2D eigenvalue weighted by atomic mass is 10.0.